The Hall–Kier alpha value is -7.20. The summed E-state index contributed by atoms with van der Waals surface area (Å²) in [6, 6.07) is 69.3. The molecule has 1 unspecified atom stereocenters. The molecule has 1 N–H and O–H groups in total. The topological polar surface area (TPSA) is 38.7 Å². The van der Waals surface area contributed by atoms with Gasteiger partial charge in [-0.25, -0.2) is 0 Å². The Kier molecular flexibility index (Phi) is 8.14. The van der Waals surface area contributed by atoms with Crippen molar-refractivity contribution in [2.24, 2.45) is 0 Å². The van der Waals surface area contributed by atoms with E-state index in [1.165, 1.54) is 71.3 Å². The molecule has 0 spiro atoms. The van der Waals surface area contributed by atoms with Crippen molar-refractivity contribution in [1.29, 1.82) is 0 Å². The third-order valence-electron chi connectivity index (χ3n) is 12.4. The molecule has 0 fully saturated rings. The Labute approximate surface area is 343 Å². The molecule has 0 radical (unpaired) electrons. The van der Waals surface area contributed by atoms with E-state index >= 15 is 0 Å². The van der Waals surface area contributed by atoms with Crippen LogP contribution >= 0.6 is 0 Å². The second-order valence-electron chi connectivity index (χ2n) is 15.8. The molecular formula is C56H40O3. The van der Waals surface area contributed by atoms with Gasteiger partial charge in [0.2, 0.25) is 0 Å². The first-order chi connectivity index (χ1) is 29.0. The van der Waals surface area contributed by atoms with E-state index in [1.54, 1.807) is 7.11 Å². The standard InChI is InChI=1S/C56H40O3/c1-35-11-12-41-32-44(22-13-40(41)31-35)56(53-49-9-5-3-7-36(49)20-29-51(53)52-30-21-37-8-4-6-10-50(37)54(52)56)45-23-14-43-34-48(28-19-42(43)33-45)59-47-26-17-39(18-27-47)55(57)38-15-24-46(58-2)25-16-38/h3-34,55,57H,1-2H3. The van der Waals surface area contributed by atoms with E-state index in [2.05, 4.69) is 153 Å². The van der Waals surface area contributed by atoms with E-state index in [4.69, 9.17) is 9.47 Å². The molecule has 10 aromatic carbocycles. The van der Waals surface area contributed by atoms with Crippen LogP contribution in [0.1, 0.15) is 45.0 Å². The average Bonchev–Trinajstić information content (AvgIpc) is 3.61. The van der Waals surface area contributed by atoms with Crippen LogP contribution in [0.4, 0.5) is 0 Å². The van der Waals surface area contributed by atoms with E-state index in [0.717, 1.165) is 33.4 Å². The fourth-order valence-corrected chi connectivity index (χ4v) is 9.62. The zero-order valence-electron chi connectivity index (χ0n) is 32.8. The van der Waals surface area contributed by atoms with E-state index in [-0.39, 0.29) is 0 Å². The van der Waals surface area contributed by atoms with Gasteiger partial charge in [-0.2, -0.15) is 0 Å². The molecular weight excluding hydrogens is 721 g/mol. The van der Waals surface area contributed by atoms with Crippen LogP contribution in [-0.2, 0) is 5.41 Å². The summed E-state index contributed by atoms with van der Waals surface area (Å²) in [5.41, 5.74) is 9.92. The molecule has 0 heterocycles. The monoisotopic (exact) mass is 760 g/mol. The molecule has 0 bridgehead atoms. The fourth-order valence-electron chi connectivity index (χ4n) is 9.62. The van der Waals surface area contributed by atoms with Gasteiger partial charge in [0, 0.05) is 0 Å². The van der Waals surface area contributed by atoms with Gasteiger partial charge in [0.15, 0.2) is 0 Å². The normalized spacial score (nSPS) is 13.4. The van der Waals surface area contributed by atoms with Crippen LogP contribution in [0.15, 0.2) is 194 Å². The van der Waals surface area contributed by atoms with Crippen LogP contribution in [0.3, 0.4) is 0 Å². The number of hydrogen-bond acceptors (Lipinski definition) is 3. The maximum atomic E-state index is 11.0. The molecule has 0 aliphatic heterocycles. The van der Waals surface area contributed by atoms with Crippen LogP contribution in [0.25, 0.3) is 54.2 Å². The Morgan fingerprint density at radius 2 is 0.881 bits per heavy atom. The van der Waals surface area contributed by atoms with Crippen LogP contribution in [0, 0.1) is 6.92 Å². The summed E-state index contributed by atoms with van der Waals surface area (Å²) in [5.74, 6) is 2.21. The highest BCUT2D eigenvalue weighted by atomic mass is 16.5. The second kappa shape index (κ2) is 13.7. The molecule has 0 saturated heterocycles. The molecule has 3 heteroatoms. The van der Waals surface area contributed by atoms with Gasteiger partial charge < -0.3 is 14.6 Å². The minimum Gasteiger partial charge on any atom is -0.497 e. The van der Waals surface area contributed by atoms with Gasteiger partial charge in [0.25, 0.3) is 0 Å². The van der Waals surface area contributed by atoms with Crippen molar-refractivity contribution in [3.05, 3.63) is 233 Å². The predicted octanol–water partition coefficient (Wildman–Crippen LogP) is 13.9. The lowest BCUT2D eigenvalue weighted by molar-refractivity contribution is 0.220. The number of aliphatic hydroxyl groups excluding tert-OH is 1. The molecule has 59 heavy (non-hydrogen) atoms. The van der Waals surface area contributed by atoms with Gasteiger partial charge in [-0.05, 0) is 143 Å². The first-order valence-corrected chi connectivity index (χ1v) is 20.2. The quantitative estimate of drug-likeness (QED) is 0.176. The molecule has 1 aliphatic carbocycles. The number of ether oxygens (including phenoxy) is 2. The van der Waals surface area contributed by atoms with Crippen molar-refractivity contribution in [3.63, 3.8) is 0 Å². The maximum Gasteiger partial charge on any atom is 0.128 e. The molecule has 11 rings (SSSR count). The summed E-state index contributed by atoms with van der Waals surface area (Å²) in [6.07, 6.45) is -0.748. The number of hydrogen-bond donors (Lipinski definition) is 1. The van der Waals surface area contributed by atoms with Crippen molar-refractivity contribution in [1.82, 2.24) is 0 Å². The highest BCUT2D eigenvalue weighted by Gasteiger charge is 2.48. The van der Waals surface area contributed by atoms with Gasteiger partial charge in [-0.3, -0.25) is 0 Å². The van der Waals surface area contributed by atoms with E-state index in [9.17, 15) is 5.11 Å². The highest BCUT2D eigenvalue weighted by molar-refractivity contribution is 6.07. The smallest absolute Gasteiger partial charge is 0.128 e. The number of benzene rings is 10. The van der Waals surface area contributed by atoms with Crippen molar-refractivity contribution >= 4 is 43.1 Å². The number of rotatable bonds is 7. The Bertz CT molecular complexity index is 3170. The molecule has 0 amide bonds. The zero-order chi connectivity index (χ0) is 39.7. The van der Waals surface area contributed by atoms with E-state index in [1.807, 2.05) is 48.5 Å². The molecule has 0 saturated carbocycles. The first-order valence-electron chi connectivity index (χ1n) is 20.2. The first kappa shape index (κ1) is 35.0. The molecule has 1 atom stereocenters. The molecule has 1 aliphatic rings. The van der Waals surface area contributed by atoms with Crippen LogP contribution < -0.4 is 9.47 Å². The van der Waals surface area contributed by atoms with Gasteiger partial charge >= 0.3 is 0 Å². The van der Waals surface area contributed by atoms with Gasteiger partial charge in [-0.15, -0.1) is 0 Å². The SMILES string of the molecule is COc1ccc(C(O)c2ccc(Oc3ccc4cc(C5(c6ccc7cc(C)ccc7c6)c6c(ccc7ccccc67)-c6ccc7ccccc7c65)ccc4c3)cc2)cc1. The maximum absolute atomic E-state index is 11.0. The summed E-state index contributed by atoms with van der Waals surface area (Å²) in [6.45, 7) is 2.16. The van der Waals surface area contributed by atoms with E-state index < -0.39 is 11.5 Å². The summed E-state index contributed by atoms with van der Waals surface area (Å²) in [7, 11) is 1.64. The number of fused-ring (bicyclic) bond motifs is 9. The highest BCUT2D eigenvalue weighted by Crippen LogP contribution is 2.60. The second-order valence-corrected chi connectivity index (χ2v) is 15.8. The third-order valence-corrected chi connectivity index (χ3v) is 12.4. The average molecular weight is 761 g/mol. The summed E-state index contributed by atoms with van der Waals surface area (Å²) < 4.78 is 11.7. The fraction of sp³-hybridized carbons (Fsp3) is 0.0714. The minimum absolute atomic E-state index is 0.618. The number of aliphatic hydroxyl groups is 1. The molecule has 0 aromatic heterocycles. The lowest BCUT2D eigenvalue weighted by Gasteiger charge is -2.36. The van der Waals surface area contributed by atoms with Crippen LogP contribution in [-0.4, -0.2) is 12.2 Å². The summed E-state index contributed by atoms with van der Waals surface area (Å²) in [5, 5.41) is 20.7. The minimum atomic E-state index is -0.748. The van der Waals surface area contributed by atoms with Gasteiger partial charge in [0.1, 0.15) is 23.4 Å². The van der Waals surface area contributed by atoms with Gasteiger partial charge in [0.05, 0.1) is 12.5 Å². The lowest BCUT2D eigenvalue weighted by Crippen LogP contribution is -2.29. The Balaban J connectivity index is 1.06. The van der Waals surface area contributed by atoms with Crippen molar-refractivity contribution in [2.45, 2.75) is 18.4 Å². The zero-order valence-corrected chi connectivity index (χ0v) is 32.8. The van der Waals surface area contributed by atoms with Crippen molar-refractivity contribution in [2.75, 3.05) is 7.11 Å². The largest absolute Gasteiger partial charge is 0.497 e. The van der Waals surface area contributed by atoms with E-state index in [0.29, 0.717) is 5.75 Å². The predicted molar refractivity (Wildman–Crippen MR) is 242 cm³/mol. The van der Waals surface area contributed by atoms with Crippen molar-refractivity contribution < 1.29 is 14.6 Å². The molecule has 282 valence electrons. The third kappa shape index (κ3) is 5.61. The number of aryl methyl sites for hydroxylation is 1. The number of methoxy groups -OCH3 is 1. The van der Waals surface area contributed by atoms with Crippen molar-refractivity contribution in [3.8, 4) is 28.4 Å². The Morgan fingerprint density at radius 3 is 1.46 bits per heavy atom. The summed E-state index contributed by atoms with van der Waals surface area (Å²) >= 11 is 0. The molecule has 10 aromatic rings. The summed E-state index contributed by atoms with van der Waals surface area (Å²) in [4.78, 5) is 0. The Morgan fingerprint density at radius 1 is 0.424 bits per heavy atom. The van der Waals surface area contributed by atoms with Crippen LogP contribution in [0.2, 0.25) is 0 Å². The molecule has 3 nitrogen and oxygen atoms in total. The lowest BCUT2D eigenvalue weighted by atomic mass is 9.65. The van der Waals surface area contributed by atoms with Crippen LogP contribution in [0.5, 0.6) is 17.2 Å². The van der Waals surface area contributed by atoms with Gasteiger partial charge in [-0.1, -0.05) is 151 Å².